The Morgan fingerprint density at radius 3 is 2.55 bits per heavy atom. The molecule has 0 saturated carbocycles. The van der Waals surface area contributed by atoms with E-state index in [4.69, 9.17) is 4.74 Å². The lowest BCUT2D eigenvalue weighted by molar-refractivity contribution is 0.398. The van der Waals surface area contributed by atoms with Gasteiger partial charge in [-0.3, -0.25) is 4.68 Å². The zero-order valence-corrected chi connectivity index (χ0v) is 11.2. The first kappa shape index (κ1) is 12.3. The molecule has 0 radical (unpaired) electrons. The molecule has 3 rings (SSSR count). The van der Waals surface area contributed by atoms with Crippen molar-refractivity contribution in [1.82, 2.24) is 24.7 Å². The van der Waals surface area contributed by atoms with Crippen LogP contribution in [0.25, 0.3) is 22.8 Å². The molecule has 100 valence electrons. The summed E-state index contributed by atoms with van der Waals surface area (Å²) in [6.45, 7) is 0. The van der Waals surface area contributed by atoms with Gasteiger partial charge in [0, 0.05) is 37.3 Å². The van der Waals surface area contributed by atoms with Crippen molar-refractivity contribution in [3.8, 4) is 28.7 Å². The zero-order valence-electron chi connectivity index (χ0n) is 11.2. The second-order valence-electron chi connectivity index (χ2n) is 4.20. The highest BCUT2D eigenvalue weighted by Gasteiger charge is 2.11. The van der Waals surface area contributed by atoms with E-state index in [2.05, 4.69) is 20.1 Å². The number of nitrogens with zero attached hydrogens (tertiary/aromatic N) is 5. The first-order valence-corrected chi connectivity index (χ1v) is 6.10. The Labute approximate surface area is 116 Å². The summed E-state index contributed by atoms with van der Waals surface area (Å²) >= 11 is 0. The molecular weight excluding hydrogens is 254 g/mol. The Morgan fingerprint density at radius 1 is 1.10 bits per heavy atom. The Balaban J connectivity index is 2.00. The maximum atomic E-state index is 5.06. The van der Waals surface area contributed by atoms with Crippen LogP contribution in [0.2, 0.25) is 0 Å². The molecule has 0 unspecified atom stereocenters. The minimum atomic E-state index is 0.586. The molecule has 0 bridgehead atoms. The molecular formula is C14H13N5O. The summed E-state index contributed by atoms with van der Waals surface area (Å²) in [6.07, 6.45) is 5.16. The van der Waals surface area contributed by atoms with Crippen molar-refractivity contribution in [1.29, 1.82) is 0 Å². The Morgan fingerprint density at radius 2 is 1.90 bits per heavy atom. The second kappa shape index (κ2) is 5.08. The number of aromatic nitrogens is 5. The van der Waals surface area contributed by atoms with Crippen molar-refractivity contribution in [2.75, 3.05) is 7.11 Å². The molecule has 6 nitrogen and oxygen atoms in total. The van der Waals surface area contributed by atoms with E-state index in [1.54, 1.807) is 36.4 Å². The average molecular weight is 267 g/mol. The van der Waals surface area contributed by atoms with E-state index in [0.717, 1.165) is 17.0 Å². The third-order valence-corrected chi connectivity index (χ3v) is 2.92. The Hall–Kier alpha value is -2.76. The van der Waals surface area contributed by atoms with Gasteiger partial charge in [-0.05, 0) is 18.2 Å². The summed E-state index contributed by atoms with van der Waals surface area (Å²) < 4.78 is 6.84. The van der Waals surface area contributed by atoms with Gasteiger partial charge < -0.3 is 4.74 Å². The molecule has 0 aliphatic carbocycles. The lowest BCUT2D eigenvalue weighted by atomic mass is 10.2. The van der Waals surface area contributed by atoms with Crippen molar-refractivity contribution < 1.29 is 4.74 Å². The monoisotopic (exact) mass is 267 g/mol. The summed E-state index contributed by atoms with van der Waals surface area (Å²) in [4.78, 5) is 12.6. The third kappa shape index (κ3) is 2.23. The number of methoxy groups -OCH3 is 1. The molecule has 6 heteroatoms. The highest BCUT2D eigenvalue weighted by molar-refractivity contribution is 5.65. The number of rotatable bonds is 3. The number of hydrogen-bond donors (Lipinski definition) is 0. The van der Waals surface area contributed by atoms with E-state index in [1.165, 1.54) is 0 Å². The van der Waals surface area contributed by atoms with Gasteiger partial charge in [0.05, 0.1) is 12.8 Å². The van der Waals surface area contributed by atoms with Crippen LogP contribution >= 0.6 is 0 Å². The topological polar surface area (TPSA) is 65.7 Å². The van der Waals surface area contributed by atoms with Gasteiger partial charge in [-0.25, -0.2) is 15.0 Å². The van der Waals surface area contributed by atoms with E-state index >= 15 is 0 Å². The van der Waals surface area contributed by atoms with Crippen LogP contribution in [0.5, 0.6) is 5.88 Å². The number of hydrogen-bond acceptors (Lipinski definition) is 5. The molecule has 0 N–H and O–H groups in total. The summed E-state index contributed by atoms with van der Waals surface area (Å²) in [5.41, 5.74) is 2.64. The summed E-state index contributed by atoms with van der Waals surface area (Å²) in [5, 5.41) is 4.43. The minimum absolute atomic E-state index is 0.586. The van der Waals surface area contributed by atoms with Crippen molar-refractivity contribution >= 4 is 0 Å². The molecule has 20 heavy (non-hydrogen) atoms. The highest BCUT2D eigenvalue weighted by atomic mass is 16.5. The number of ether oxygens (including phenoxy) is 1. The molecule has 0 aliphatic heterocycles. The molecule has 0 amide bonds. The van der Waals surface area contributed by atoms with E-state index in [1.807, 2.05) is 25.2 Å². The van der Waals surface area contributed by atoms with E-state index < -0.39 is 0 Å². The normalized spacial score (nSPS) is 10.5. The minimum Gasteiger partial charge on any atom is -0.481 e. The second-order valence-corrected chi connectivity index (χ2v) is 4.20. The van der Waals surface area contributed by atoms with Gasteiger partial charge in [0.15, 0.2) is 5.82 Å². The largest absolute Gasteiger partial charge is 0.481 e. The van der Waals surface area contributed by atoms with Crippen molar-refractivity contribution in [2.45, 2.75) is 0 Å². The molecule has 0 aliphatic rings. The molecule has 0 saturated heterocycles. The van der Waals surface area contributed by atoms with Crippen LogP contribution in [0.3, 0.4) is 0 Å². The quantitative estimate of drug-likeness (QED) is 0.725. The van der Waals surface area contributed by atoms with Crippen LogP contribution in [0.4, 0.5) is 0 Å². The lowest BCUT2D eigenvalue weighted by Crippen LogP contribution is -1.95. The SMILES string of the molecule is COc1ccc(-c2cc(-c3ncccn3)nn2C)cn1. The maximum Gasteiger partial charge on any atom is 0.212 e. The molecule has 3 aromatic rings. The average Bonchev–Trinajstić information content (AvgIpc) is 2.90. The predicted molar refractivity (Wildman–Crippen MR) is 74.0 cm³/mol. The molecule has 0 aromatic carbocycles. The summed E-state index contributed by atoms with van der Waals surface area (Å²) in [7, 11) is 3.48. The van der Waals surface area contributed by atoms with Crippen LogP contribution in [0, 0.1) is 0 Å². The smallest absolute Gasteiger partial charge is 0.212 e. The summed E-state index contributed by atoms with van der Waals surface area (Å²) in [6, 6.07) is 7.49. The first-order valence-electron chi connectivity index (χ1n) is 6.10. The third-order valence-electron chi connectivity index (χ3n) is 2.92. The van der Waals surface area contributed by atoms with Gasteiger partial charge in [-0.15, -0.1) is 0 Å². The lowest BCUT2D eigenvalue weighted by Gasteiger charge is -2.02. The first-order chi connectivity index (χ1) is 9.78. The van der Waals surface area contributed by atoms with Crippen LogP contribution in [-0.4, -0.2) is 31.8 Å². The Kier molecular flexibility index (Phi) is 3.12. The Bertz CT molecular complexity index is 706. The fourth-order valence-electron chi connectivity index (χ4n) is 1.93. The van der Waals surface area contributed by atoms with Crippen LogP contribution in [0.15, 0.2) is 42.9 Å². The number of pyridine rings is 1. The number of aryl methyl sites for hydroxylation is 1. The molecule has 0 fully saturated rings. The van der Waals surface area contributed by atoms with Gasteiger partial charge in [-0.2, -0.15) is 5.10 Å². The molecule has 0 spiro atoms. The van der Waals surface area contributed by atoms with Crippen molar-refractivity contribution in [3.05, 3.63) is 42.9 Å². The predicted octanol–water partition coefficient (Wildman–Crippen LogP) is 1.95. The van der Waals surface area contributed by atoms with Gasteiger partial charge in [-0.1, -0.05) is 0 Å². The van der Waals surface area contributed by atoms with E-state index in [0.29, 0.717) is 11.7 Å². The van der Waals surface area contributed by atoms with Gasteiger partial charge >= 0.3 is 0 Å². The molecule has 0 atom stereocenters. The van der Waals surface area contributed by atoms with Crippen molar-refractivity contribution in [2.24, 2.45) is 7.05 Å². The maximum absolute atomic E-state index is 5.06. The molecule has 3 heterocycles. The van der Waals surface area contributed by atoms with Gasteiger partial charge in [0.1, 0.15) is 5.69 Å². The van der Waals surface area contributed by atoms with E-state index in [9.17, 15) is 0 Å². The van der Waals surface area contributed by atoms with Gasteiger partial charge in [0.25, 0.3) is 0 Å². The van der Waals surface area contributed by atoms with Crippen molar-refractivity contribution in [3.63, 3.8) is 0 Å². The fraction of sp³-hybridized carbons (Fsp3) is 0.143. The standard InChI is InChI=1S/C14H13N5O/c1-19-12(10-4-5-13(20-2)17-9-10)8-11(18-19)14-15-6-3-7-16-14/h3-9H,1-2H3. The fourth-order valence-corrected chi connectivity index (χ4v) is 1.93. The van der Waals surface area contributed by atoms with E-state index in [-0.39, 0.29) is 0 Å². The van der Waals surface area contributed by atoms with Crippen LogP contribution in [0.1, 0.15) is 0 Å². The zero-order chi connectivity index (χ0) is 13.9. The highest BCUT2D eigenvalue weighted by Crippen LogP contribution is 2.24. The van der Waals surface area contributed by atoms with Crippen LogP contribution < -0.4 is 4.74 Å². The summed E-state index contributed by atoms with van der Waals surface area (Å²) in [5.74, 6) is 1.19. The van der Waals surface area contributed by atoms with Gasteiger partial charge in [0.2, 0.25) is 5.88 Å². The molecule has 3 aromatic heterocycles. The van der Waals surface area contributed by atoms with Crippen LogP contribution in [-0.2, 0) is 7.05 Å².